The van der Waals surface area contributed by atoms with Crippen LogP contribution in [0.2, 0.25) is 0 Å². The third-order valence-corrected chi connectivity index (χ3v) is 2.20. The molecule has 0 radical (unpaired) electrons. The molecule has 0 saturated carbocycles. The van der Waals surface area contributed by atoms with Crippen LogP contribution in [0.25, 0.3) is 0 Å². The molecule has 0 spiro atoms. The summed E-state index contributed by atoms with van der Waals surface area (Å²) in [5.74, 6) is 1.13. The lowest BCUT2D eigenvalue weighted by atomic mass is 9.75. The van der Waals surface area contributed by atoms with Crippen LogP contribution >= 0.6 is 0 Å². The van der Waals surface area contributed by atoms with Crippen LogP contribution in [0.5, 0.6) is 0 Å². The Balaban J connectivity index is 4.35. The van der Waals surface area contributed by atoms with Gasteiger partial charge in [-0.2, -0.15) is 0 Å². The average molecular weight is 169 g/mol. The summed E-state index contributed by atoms with van der Waals surface area (Å²) in [6, 6.07) is 0. The Morgan fingerprint density at radius 3 is 1.83 bits per heavy atom. The zero-order valence-electron chi connectivity index (χ0n) is 9.15. The lowest BCUT2D eigenvalue weighted by Gasteiger charge is -2.32. The van der Waals surface area contributed by atoms with Gasteiger partial charge in [-0.15, -0.1) is 0 Å². The molecule has 0 aliphatic rings. The summed E-state index contributed by atoms with van der Waals surface area (Å²) in [5.41, 5.74) is 6.85. The van der Waals surface area contributed by atoms with Crippen LogP contribution in [0, 0.1) is 17.3 Å². The van der Waals surface area contributed by atoms with Crippen molar-refractivity contribution in [2.75, 3.05) is 0 Å². The van der Waals surface area contributed by atoms with Gasteiger partial charge in [0.05, 0.1) is 0 Å². The monoisotopic (exact) mass is 169 g/mol. The molecular weight excluding hydrogens is 146 g/mol. The largest absolute Gasteiger partial charge is 0.402 e. The molecule has 0 aromatic heterocycles. The maximum atomic E-state index is 5.78. The highest BCUT2D eigenvalue weighted by atomic mass is 14.6. The van der Waals surface area contributed by atoms with Gasteiger partial charge in [0.2, 0.25) is 0 Å². The summed E-state index contributed by atoms with van der Waals surface area (Å²) in [4.78, 5) is 0. The third kappa shape index (κ3) is 3.80. The lowest BCUT2D eigenvalue weighted by Crippen LogP contribution is -2.27. The second kappa shape index (κ2) is 3.97. The molecule has 72 valence electrons. The molecule has 0 fully saturated rings. The van der Waals surface area contributed by atoms with Crippen LogP contribution in [0.4, 0.5) is 0 Å². The van der Waals surface area contributed by atoms with E-state index in [-0.39, 0.29) is 5.41 Å². The predicted octanol–water partition coefficient (Wildman–Crippen LogP) is 3.17. The standard InChI is InChI=1S/C11H23N/c1-8(2)7-10(9(3)12)11(4,5)6/h8,10H,3,7,12H2,1-2,4-6H3. The average Bonchev–Trinajstić information content (AvgIpc) is 1.79. The van der Waals surface area contributed by atoms with Gasteiger partial charge in [-0.1, -0.05) is 41.2 Å². The van der Waals surface area contributed by atoms with Crippen LogP contribution in [-0.2, 0) is 0 Å². The van der Waals surface area contributed by atoms with Gasteiger partial charge in [-0.05, 0) is 17.8 Å². The number of allylic oxidation sites excluding steroid dienone is 1. The smallest absolute Gasteiger partial charge is 0.00443 e. The molecule has 0 saturated heterocycles. The Hall–Kier alpha value is -0.460. The summed E-state index contributed by atoms with van der Waals surface area (Å²) in [7, 11) is 0. The summed E-state index contributed by atoms with van der Waals surface area (Å²) in [5, 5.41) is 0. The quantitative estimate of drug-likeness (QED) is 0.690. The molecule has 0 amide bonds. The van der Waals surface area contributed by atoms with Gasteiger partial charge in [0.15, 0.2) is 0 Å². The topological polar surface area (TPSA) is 26.0 Å². The minimum atomic E-state index is 0.246. The predicted molar refractivity (Wildman–Crippen MR) is 55.7 cm³/mol. The van der Waals surface area contributed by atoms with Crippen LogP contribution in [0.3, 0.4) is 0 Å². The third-order valence-electron chi connectivity index (χ3n) is 2.20. The molecule has 0 heterocycles. The molecule has 0 aromatic rings. The Labute approximate surface area is 77.0 Å². The van der Waals surface area contributed by atoms with Crippen molar-refractivity contribution in [3.63, 3.8) is 0 Å². The summed E-state index contributed by atoms with van der Waals surface area (Å²) >= 11 is 0. The molecule has 0 aliphatic carbocycles. The second-order valence-corrected chi connectivity index (χ2v) is 5.12. The summed E-state index contributed by atoms with van der Waals surface area (Å²) in [6.07, 6.45) is 1.14. The van der Waals surface area contributed by atoms with Crippen molar-refractivity contribution in [3.8, 4) is 0 Å². The molecule has 1 heteroatoms. The van der Waals surface area contributed by atoms with E-state index in [1.165, 1.54) is 0 Å². The maximum absolute atomic E-state index is 5.78. The molecule has 0 bridgehead atoms. The summed E-state index contributed by atoms with van der Waals surface area (Å²) < 4.78 is 0. The minimum absolute atomic E-state index is 0.246. The van der Waals surface area contributed by atoms with E-state index >= 15 is 0 Å². The molecule has 0 aromatic carbocycles. The normalized spacial score (nSPS) is 14.8. The molecule has 2 N–H and O–H groups in total. The van der Waals surface area contributed by atoms with Crippen molar-refractivity contribution in [2.24, 2.45) is 23.0 Å². The van der Waals surface area contributed by atoms with E-state index in [2.05, 4.69) is 41.2 Å². The number of hydrogen-bond acceptors (Lipinski definition) is 1. The van der Waals surface area contributed by atoms with Crippen LogP contribution in [-0.4, -0.2) is 0 Å². The summed E-state index contributed by atoms with van der Waals surface area (Å²) in [6.45, 7) is 15.0. The highest BCUT2D eigenvalue weighted by Crippen LogP contribution is 2.34. The van der Waals surface area contributed by atoms with Crippen LogP contribution < -0.4 is 5.73 Å². The number of hydrogen-bond donors (Lipinski definition) is 1. The number of nitrogens with two attached hydrogens (primary N) is 1. The molecule has 0 rings (SSSR count). The first kappa shape index (κ1) is 11.5. The zero-order valence-corrected chi connectivity index (χ0v) is 9.15. The van der Waals surface area contributed by atoms with Gasteiger partial charge in [0, 0.05) is 11.6 Å². The van der Waals surface area contributed by atoms with Gasteiger partial charge in [0.25, 0.3) is 0 Å². The van der Waals surface area contributed by atoms with E-state index in [0.29, 0.717) is 11.8 Å². The van der Waals surface area contributed by atoms with Gasteiger partial charge < -0.3 is 5.73 Å². The van der Waals surface area contributed by atoms with Gasteiger partial charge in [-0.25, -0.2) is 0 Å². The van der Waals surface area contributed by atoms with Gasteiger partial charge in [-0.3, -0.25) is 0 Å². The fourth-order valence-electron chi connectivity index (χ4n) is 1.53. The Kier molecular flexibility index (Phi) is 3.82. The lowest BCUT2D eigenvalue weighted by molar-refractivity contribution is 0.239. The van der Waals surface area contributed by atoms with Crippen molar-refractivity contribution < 1.29 is 0 Å². The molecule has 1 nitrogen and oxygen atoms in total. The van der Waals surface area contributed by atoms with Crippen molar-refractivity contribution >= 4 is 0 Å². The van der Waals surface area contributed by atoms with E-state index in [1.807, 2.05) is 0 Å². The zero-order chi connectivity index (χ0) is 9.94. The first-order valence-corrected chi connectivity index (χ1v) is 4.69. The van der Waals surface area contributed by atoms with E-state index < -0.39 is 0 Å². The van der Waals surface area contributed by atoms with Crippen molar-refractivity contribution in [1.29, 1.82) is 0 Å². The Morgan fingerprint density at radius 2 is 1.75 bits per heavy atom. The van der Waals surface area contributed by atoms with Crippen LogP contribution in [0.15, 0.2) is 12.3 Å². The highest BCUT2D eigenvalue weighted by Gasteiger charge is 2.26. The molecule has 0 aliphatic heterocycles. The Bertz CT molecular complexity index is 151. The van der Waals surface area contributed by atoms with E-state index in [9.17, 15) is 0 Å². The van der Waals surface area contributed by atoms with E-state index in [4.69, 9.17) is 5.73 Å². The fourth-order valence-corrected chi connectivity index (χ4v) is 1.53. The Morgan fingerprint density at radius 1 is 1.33 bits per heavy atom. The second-order valence-electron chi connectivity index (χ2n) is 5.12. The first-order chi connectivity index (χ1) is 5.25. The maximum Gasteiger partial charge on any atom is 0.00443 e. The van der Waals surface area contributed by atoms with Gasteiger partial charge in [0.1, 0.15) is 0 Å². The van der Waals surface area contributed by atoms with Gasteiger partial charge >= 0.3 is 0 Å². The van der Waals surface area contributed by atoms with Crippen LogP contribution in [0.1, 0.15) is 41.0 Å². The van der Waals surface area contributed by atoms with E-state index in [1.54, 1.807) is 0 Å². The van der Waals surface area contributed by atoms with Crippen molar-refractivity contribution in [1.82, 2.24) is 0 Å². The minimum Gasteiger partial charge on any atom is -0.402 e. The van der Waals surface area contributed by atoms with Crippen molar-refractivity contribution in [2.45, 2.75) is 41.0 Å². The van der Waals surface area contributed by atoms with E-state index in [0.717, 1.165) is 12.1 Å². The number of rotatable bonds is 3. The highest BCUT2D eigenvalue weighted by molar-refractivity contribution is 5.00. The first-order valence-electron chi connectivity index (χ1n) is 4.69. The molecule has 1 unspecified atom stereocenters. The SMILES string of the molecule is C=C(N)C(CC(C)C)C(C)(C)C. The molecule has 1 atom stereocenters. The molecule has 12 heavy (non-hydrogen) atoms. The fraction of sp³-hybridized carbons (Fsp3) is 0.818. The molecular formula is C11H23N. The van der Waals surface area contributed by atoms with Crippen molar-refractivity contribution in [3.05, 3.63) is 12.3 Å².